The highest BCUT2D eigenvalue weighted by atomic mass is 16.5. The number of carbonyl (C=O) groups is 3. The molecule has 2 aromatic carbocycles. The number of nitrogens with zero attached hydrogens (tertiary/aromatic N) is 1. The third-order valence-corrected chi connectivity index (χ3v) is 5.00. The zero-order chi connectivity index (χ0) is 21.0. The van der Waals surface area contributed by atoms with E-state index in [1.165, 1.54) is 0 Å². The average molecular weight is 397 g/mol. The van der Waals surface area contributed by atoms with Gasteiger partial charge in [0.15, 0.2) is 0 Å². The molecule has 0 radical (unpaired) electrons. The summed E-state index contributed by atoms with van der Waals surface area (Å²) in [5.41, 5.74) is -0.518. The summed E-state index contributed by atoms with van der Waals surface area (Å²) in [6.07, 6.45) is 0.809. The zero-order valence-electron chi connectivity index (χ0n) is 17.0. The van der Waals surface area contributed by atoms with Crippen molar-refractivity contribution in [3.05, 3.63) is 48.0 Å². The molecule has 1 saturated heterocycles. The standard InChI is InChI=1S/C22H27N3O4/c1-15(2)29-12-6-11-23-19(26)14-25-20(27)22(3,24-21(25)28)18-10-9-16-7-4-5-8-17(16)13-18/h4-5,7-10,13,15H,6,11-12,14H2,1-3H3,(H,23,26)(H,24,28). The van der Waals surface area contributed by atoms with Gasteiger partial charge in [-0.1, -0.05) is 36.4 Å². The lowest BCUT2D eigenvalue weighted by Crippen LogP contribution is -2.43. The van der Waals surface area contributed by atoms with E-state index in [2.05, 4.69) is 10.6 Å². The van der Waals surface area contributed by atoms with Crippen molar-refractivity contribution in [3.63, 3.8) is 0 Å². The Labute approximate surface area is 170 Å². The van der Waals surface area contributed by atoms with E-state index in [0.29, 0.717) is 25.1 Å². The van der Waals surface area contributed by atoms with E-state index < -0.39 is 17.5 Å². The van der Waals surface area contributed by atoms with Gasteiger partial charge in [0, 0.05) is 13.2 Å². The van der Waals surface area contributed by atoms with Crippen LogP contribution in [-0.4, -0.2) is 48.5 Å². The molecule has 1 fully saturated rings. The van der Waals surface area contributed by atoms with Crippen LogP contribution in [0.2, 0.25) is 0 Å². The van der Waals surface area contributed by atoms with Crippen LogP contribution in [0.15, 0.2) is 42.5 Å². The molecule has 0 saturated carbocycles. The minimum absolute atomic E-state index is 0.143. The molecule has 7 nitrogen and oxygen atoms in total. The van der Waals surface area contributed by atoms with E-state index in [9.17, 15) is 14.4 Å². The van der Waals surface area contributed by atoms with Crippen LogP contribution in [0.4, 0.5) is 4.79 Å². The topological polar surface area (TPSA) is 87.7 Å². The number of rotatable bonds is 8. The Hall–Kier alpha value is -2.93. The molecule has 0 bridgehead atoms. The van der Waals surface area contributed by atoms with Crippen molar-refractivity contribution in [2.75, 3.05) is 19.7 Å². The van der Waals surface area contributed by atoms with Crippen LogP contribution in [0, 0.1) is 0 Å². The van der Waals surface area contributed by atoms with Crippen LogP contribution in [0.25, 0.3) is 10.8 Å². The van der Waals surface area contributed by atoms with E-state index >= 15 is 0 Å². The first-order valence-corrected chi connectivity index (χ1v) is 9.83. The summed E-state index contributed by atoms with van der Waals surface area (Å²) in [5.74, 6) is -0.808. The first-order chi connectivity index (χ1) is 13.8. The predicted molar refractivity (Wildman–Crippen MR) is 110 cm³/mol. The summed E-state index contributed by atoms with van der Waals surface area (Å²) in [5, 5.41) is 7.50. The Morgan fingerprint density at radius 2 is 1.90 bits per heavy atom. The molecule has 1 unspecified atom stereocenters. The average Bonchev–Trinajstić information content (AvgIpc) is 2.91. The Balaban J connectivity index is 1.64. The van der Waals surface area contributed by atoms with Gasteiger partial charge in [-0.3, -0.25) is 14.5 Å². The number of hydrogen-bond acceptors (Lipinski definition) is 4. The van der Waals surface area contributed by atoms with Crippen LogP contribution in [0.1, 0.15) is 32.8 Å². The van der Waals surface area contributed by atoms with Crippen molar-refractivity contribution >= 4 is 28.6 Å². The number of fused-ring (bicyclic) bond motifs is 1. The summed E-state index contributed by atoms with van der Waals surface area (Å²) in [6.45, 7) is 6.22. The molecule has 7 heteroatoms. The molecule has 29 heavy (non-hydrogen) atoms. The van der Waals surface area contributed by atoms with Crippen molar-refractivity contribution < 1.29 is 19.1 Å². The summed E-state index contributed by atoms with van der Waals surface area (Å²) >= 11 is 0. The van der Waals surface area contributed by atoms with Gasteiger partial charge in [-0.25, -0.2) is 4.79 Å². The molecule has 0 spiro atoms. The van der Waals surface area contributed by atoms with Crippen molar-refractivity contribution in [1.29, 1.82) is 0 Å². The van der Waals surface area contributed by atoms with Crippen LogP contribution in [0.5, 0.6) is 0 Å². The van der Waals surface area contributed by atoms with E-state index in [1.807, 2.05) is 56.3 Å². The van der Waals surface area contributed by atoms with Gasteiger partial charge in [-0.15, -0.1) is 0 Å². The van der Waals surface area contributed by atoms with Gasteiger partial charge in [-0.2, -0.15) is 0 Å². The van der Waals surface area contributed by atoms with E-state index in [0.717, 1.165) is 15.7 Å². The second-order valence-corrected chi connectivity index (χ2v) is 7.63. The number of imide groups is 1. The number of ether oxygens (including phenoxy) is 1. The molecule has 0 aliphatic carbocycles. The maximum atomic E-state index is 13.0. The largest absolute Gasteiger partial charge is 0.379 e. The lowest BCUT2D eigenvalue weighted by Gasteiger charge is -2.22. The van der Waals surface area contributed by atoms with E-state index in [4.69, 9.17) is 4.74 Å². The minimum Gasteiger partial charge on any atom is -0.379 e. The van der Waals surface area contributed by atoms with Crippen molar-refractivity contribution in [2.24, 2.45) is 0 Å². The molecule has 2 N–H and O–H groups in total. The second kappa shape index (κ2) is 8.61. The first kappa shape index (κ1) is 20.8. The Morgan fingerprint density at radius 1 is 1.17 bits per heavy atom. The third kappa shape index (κ3) is 4.56. The smallest absolute Gasteiger partial charge is 0.325 e. The van der Waals surface area contributed by atoms with Gasteiger partial charge in [0.1, 0.15) is 12.1 Å². The SMILES string of the molecule is CC(C)OCCCNC(=O)CN1C(=O)NC(C)(c2ccc3ccccc3c2)C1=O. The fraction of sp³-hybridized carbons (Fsp3) is 0.409. The third-order valence-electron chi connectivity index (χ3n) is 5.00. The molecular formula is C22H27N3O4. The number of benzene rings is 2. The molecular weight excluding hydrogens is 370 g/mol. The Bertz CT molecular complexity index is 927. The number of amides is 4. The summed E-state index contributed by atoms with van der Waals surface area (Å²) in [4.78, 5) is 38.6. The highest BCUT2D eigenvalue weighted by Gasteiger charge is 2.49. The van der Waals surface area contributed by atoms with Crippen LogP contribution < -0.4 is 10.6 Å². The van der Waals surface area contributed by atoms with E-state index in [-0.39, 0.29) is 18.6 Å². The molecule has 0 aromatic heterocycles. The fourth-order valence-corrected chi connectivity index (χ4v) is 3.36. The van der Waals surface area contributed by atoms with Gasteiger partial charge in [0.25, 0.3) is 5.91 Å². The van der Waals surface area contributed by atoms with Crippen molar-refractivity contribution in [3.8, 4) is 0 Å². The molecule has 4 amide bonds. The first-order valence-electron chi connectivity index (χ1n) is 9.83. The summed E-state index contributed by atoms with van der Waals surface area (Å²) < 4.78 is 5.42. The normalized spacial score (nSPS) is 19.1. The Kier molecular flexibility index (Phi) is 6.17. The molecule has 3 rings (SSSR count). The predicted octanol–water partition coefficient (Wildman–Crippen LogP) is 2.54. The minimum atomic E-state index is -1.20. The molecule has 1 aliphatic rings. The van der Waals surface area contributed by atoms with Gasteiger partial charge in [0.2, 0.25) is 5.91 Å². The molecule has 2 aromatic rings. The summed E-state index contributed by atoms with van der Waals surface area (Å²) in [7, 11) is 0. The molecule has 1 aliphatic heterocycles. The van der Waals surface area contributed by atoms with Gasteiger partial charge in [-0.05, 0) is 49.6 Å². The monoisotopic (exact) mass is 397 g/mol. The number of hydrogen-bond donors (Lipinski definition) is 2. The lowest BCUT2D eigenvalue weighted by atomic mass is 9.90. The zero-order valence-corrected chi connectivity index (χ0v) is 17.0. The van der Waals surface area contributed by atoms with Gasteiger partial charge >= 0.3 is 6.03 Å². The second-order valence-electron chi connectivity index (χ2n) is 7.63. The van der Waals surface area contributed by atoms with Gasteiger partial charge in [0.05, 0.1) is 6.10 Å². The van der Waals surface area contributed by atoms with Crippen LogP contribution >= 0.6 is 0 Å². The molecule has 1 atom stereocenters. The lowest BCUT2D eigenvalue weighted by molar-refractivity contribution is -0.134. The van der Waals surface area contributed by atoms with Crippen LogP contribution in [0.3, 0.4) is 0 Å². The number of nitrogens with one attached hydrogen (secondary N) is 2. The maximum Gasteiger partial charge on any atom is 0.325 e. The van der Waals surface area contributed by atoms with Crippen molar-refractivity contribution in [2.45, 2.75) is 38.8 Å². The summed E-state index contributed by atoms with van der Waals surface area (Å²) in [6, 6.07) is 12.9. The van der Waals surface area contributed by atoms with Gasteiger partial charge < -0.3 is 15.4 Å². The maximum absolute atomic E-state index is 13.0. The molecule has 154 valence electrons. The molecule has 1 heterocycles. The quantitative estimate of drug-likeness (QED) is 0.529. The number of urea groups is 1. The van der Waals surface area contributed by atoms with Crippen molar-refractivity contribution in [1.82, 2.24) is 15.5 Å². The Morgan fingerprint density at radius 3 is 2.62 bits per heavy atom. The highest BCUT2D eigenvalue weighted by Crippen LogP contribution is 2.30. The highest BCUT2D eigenvalue weighted by molar-refractivity contribution is 6.09. The van der Waals surface area contributed by atoms with E-state index in [1.54, 1.807) is 6.92 Å². The number of carbonyl (C=O) groups excluding carboxylic acids is 3. The fourth-order valence-electron chi connectivity index (χ4n) is 3.36. The van der Waals surface area contributed by atoms with Crippen LogP contribution in [-0.2, 0) is 19.9 Å².